The lowest BCUT2D eigenvalue weighted by Crippen LogP contribution is -2.43. The fraction of sp³-hybridized carbons (Fsp3) is 0.267. The molecule has 21 heavy (non-hydrogen) atoms. The van der Waals surface area contributed by atoms with Crippen LogP contribution in [0.1, 0.15) is 17.4 Å². The lowest BCUT2D eigenvalue weighted by atomic mass is 9.96. The van der Waals surface area contributed by atoms with Crippen LogP contribution < -0.4 is 10.6 Å². The highest BCUT2D eigenvalue weighted by Gasteiger charge is 2.23. The molecule has 112 valence electrons. The molecule has 0 saturated carbocycles. The Labute approximate surface area is 126 Å². The largest absolute Gasteiger partial charge is 0.384 e. The van der Waals surface area contributed by atoms with Crippen molar-refractivity contribution in [1.82, 2.24) is 10.6 Å². The van der Waals surface area contributed by atoms with Crippen molar-refractivity contribution in [3.8, 4) is 0 Å². The van der Waals surface area contributed by atoms with Gasteiger partial charge in [-0.15, -0.1) is 11.3 Å². The fourth-order valence-electron chi connectivity index (χ4n) is 1.81. The first-order valence-corrected chi connectivity index (χ1v) is 7.38. The number of aliphatic hydroxyl groups is 1. The predicted octanol–water partition coefficient (Wildman–Crippen LogP) is 2.59. The summed E-state index contributed by atoms with van der Waals surface area (Å²) < 4.78 is 12.9. The Bertz CT molecular complexity index is 582. The van der Waals surface area contributed by atoms with Gasteiger partial charge in [0.1, 0.15) is 11.4 Å². The van der Waals surface area contributed by atoms with E-state index in [9.17, 15) is 14.3 Å². The third-order valence-corrected chi connectivity index (χ3v) is 3.94. The highest BCUT2D eigenvalue weighted by atomic mass is 32.1. The molecule has 0 spiro atoms. The summed E-state index contributed by atoms with van der Waals surface area (Å²) in [6.45, 7) is 2.05. The van der Waals surface area contributed by atoms with Crippen molar-refractivity contribution >= 4 is 17.4 Å². The van der Waals surface area contributed by atoms with Crippen molar-refractivity contribution in [2.45, 2.75) is 19.1 Å². The van der Waals surface area contributed by atoms with Gasteiger partial charge in [-0.2, -0.15) is 0 Å². The molecule has 2 rings (SSSR count). The van der Waals surface area contributed by atoms with Crippen molar-refractivity contribution in [2.75, 3.05) is 6.54 Å². The van der Waals surface area contributed by atoms with Gasteiger partial charge in [-0.25, -0.2) is 9.18 Å². The highest BCUT2D eigenvalue weighted by molar-refractivity contribution is 7.09. The van der Waals surface area contributed by atoms with Gasteiger partial charge < -0.3 is 15.7 Å². The second-order valence-corrected chi connectivity index (χ2v) is 5.93. The molecule has 4 nitrogen and oxygen atoms in total. The summed E-state index contributed by atoms with van der Waals surface area (Å²) in [6.07, 6.45) is 0. The van der Waals surface area contributed by atoms with Gasteiger partial charge in [-0.05, 0) is 36.1 Å². The summed E-state index contributed by atoms with van der Waals surface area (Å²) in [5.74, 6) is -0.365. The molecular weight excluding hydrogens is 291 g/mol. The SMILES string of the molecule is CC(O)(CNC(=O)NCc1cccs1)c1ccc(F)cc1. The Kier molecular flexibility index (Phi) is 4.93. The number of thiophene rings is 1. The number of hydrogen-bond acceptors (Lipinski definition) is 3. The number of nitrogens with one attached hydrogen (secondary N) is 2. The van der Waals surface area contributed by atoms with Gasteiger partial charge >= 0.3 is 6.03 Å². The molecule has 0 aliphatic rings. The third kappa shape index (κ3) is 4.54. The fourth-order valence-corrected chi connectivity index (χ4v) is 2.45. The van der Waals surface area contributed by atoms with Crippen molar-refractivity contribution in [2.24, 2.45) is 0 Å². The average Bonchev–Trinajstić information content (AvgIpc) is 2.97. The van der Waals surface area contributed by atoms with Crippen molar-refractivity contribution < 1.29 is 14.3 Å². The van der Waals surface area contributed by atoms with E-state index in [2.05, 4.69) is 10.6 Å². The van der Waals surface area contributed by atoms with E-state index in [0.29, 0.717) is 12.1 Å². The number of carbonyl (C=O) groups excluding carboxylic acids is 1. The quantitative estimate of drug-likeness (QED) is 0.795. The second kappa shape index (κ2) is 6.69. The average molecular weight is 308 g/mol. The summed E-state index contributed by atoms with van der Waals surface area (Å²) in [5.41, 5.74) is -0.712. The van der Waals surface area contributed by atoms with E-state index in [4.69, 9.17) is 0 Å². The molecule has 2 aromatic rings. The maximum atomic E-state index is 12.9. The minimum atomic E-state index is -1.26. The number of carbonyl (C=O) groups is 1. The zero-order valence-electron chi connectivity index (χ0n) is 11.6. The Morgan fingerprint density at radius 1 is 1.29 bits per heavy atom. The van der Waals surface area contributed by atoms with Gasteiger partial charge in [-0.3, -0.25) is 0 Å². The zero-order valence-corrected chi connectivity index (χ0v) is 12.4. The molecule has 0 radical (unpaired) electrons. The minimum Gasteiger partial charge on any atom is -0.384 e. The molecule has 0 aliphatic carbocycles. The van der Waals surface area contributed by atoms with Gasteiger partial charge in [-0.1, -0.05) is 18.2 Å². The molecular formula is C15H17FN2O2S. The first-order chi connectivity index (χ1) is 9.97. The molecule has 0 fully saturated rings. The Hall–Kier alpha value is -1.92. The van der Waals surface area contributed by atoms with Gasteiger partial charge in [0.2, 0.25) is 0 Å². The molecule has 0 aliphatic heterocycles. The zero-order chi connectivity index (χ0) is 15.3. The molecule has 1 heterocycles. The van der Waals surface area contributed by atoms with Crippen LogP contribution in [0, 0.1) is 5.82 Å². The third-order valence-electron chi connectivity index (χ3n) is 3.06. The maximum absolute atomic E-state index is 12.9. The Morgan fingerprint density at radius 2 is 2.00 bits per heavy atom. The minimum absolute atomic E-state index is 0.0366. The van der Waals surface area contributed by atoms with Crippen LogP contribution in [0.5, 0.6) is 0 Å². The van der Waals surface area contributed by atoms with E-state index in [0.717, 1.165) is 4.88 Å². The summed E-state index contributed by atoms with van der Waals surface area (Å²) in [6, 6.07) is 9.05. The van der Waals surface area contributed by atoms with E-state index in [1.54, 1.807) is 18.3 Å². The topological polar surface area (TPSA) is 61.4 Å². The summed E-state index contributed by atoms with van der Waals surface area (Å²) in [5, 5.41) is 17.6. The molecule has 0 bridgehead atoms. The number of amides is 2. The van der Waals surface area contributed by atoms with E-state index in [1.165, 1.54) is 24.3 Å². The van der Waals surface area contributed by atoms with Crippen LogP contribution in [-0.4, -0.2) is 17.7 Å². The van der Waals surface area contributed by atoms with Crippen LogP contribution >= 0.6 is 11.3 Å². The summed E-state index contributed by atoms with van der Waals surface area (Å²) in [4.78, 5) is 12.7. The number of hydrogen-bond donors (Lipinski definition) is 3. The lowest BCUT2D eigenvalue weighted by Gasteiger charge is -2.24. The van der Waals surface area contributed by atoms with Crippen LogP contribution in [0.4, 0.5) is 9.18 Å². The highest BCUT2D eigenvalue weighted by Crippen LogP contribution is 2.19. The van der Waals surface area contributed by atoms with E-state index >= 15 is 0 Å². The van der Waals surface area contributed by atoms with Gasteiger partial charge in [0.05, 0.1) is 13.1 Å². The van der Waals surface area contributed by atoms with Crippen molar-refractivity contribution in [1.29, 1.82) is 0 Å². The van der Waals surface area contributed by atoms with Crippen molar-refractivity contribution in [3.63, 3.8) is 0 Å². The van der Waals surface area contributed by atoms with Gasteiger partial charge in [0.15, 0.2) is 0 Å². The van der Waals surface area contributed by atoms with E-state index in [1.807, 2.05) is 17.5 Å². The summed E-state index contributed by atoms with van der Waals surface area (Å²) in [7, 11) is 0. The number of benzene rings is 1. The van der Waals surface area contributed by atoms with Crippen LogP contribution in [0.3, 0.4) is 0 Å². The van der Waals surface area contributed by atoms with Crippen LogP contribution in [0.15, 0.2) is 41.8 Å². The molecule has 2 amide bonds. The Morgan fingerprint density at radius 3 is 2.62 bits per heavy atom. The Balaban J connectivity index is 1.83. The normalized spacial score (nSPS) is 13.5. The standard InChI is InChI=1S/C15H17FN2O2S/c1-15(20,11-4-6-12(16)7-5-11)10-18-14(19)17-9-13-3-2-8-21-13/h2-8,20H,9-10H2,1H3,(H2,17,18,19). The first kappa shape index (κ1) is 15.5. The maximum Gasteiger partial charge on any atom is 0.315 e. The molecule has 1 unspecified atom stereocenters. The monoisotopic (exact) mass is 308 g/mol. The van der Waals surface area contributed by atoms with Crippen LogP contribution in [0.25, 0.3) is 0 Å². The predicted molar refractivity (Wildman–Crippen MR) is 80.5 cm³/mol. The number of halogens is 1. The molecule has 1 atom stereocenters. The first-order valence-electron chi connectivity index (χ1n) is 6.50. The van der Waals surface area contributed by atoms with E-state index < -0.39 is 5.60 Å². The number of rotatable bonds is 5. The van der Waals surface area contributed by atoms with Gasteiger partial charge in [0.25, 0.3) is 0 Å². The van der Waals surface area contributed by atoms with Crippen LogP contribution in [-0.2, 0) is 12.1 Å². The lowest BCUT2D eigenvalue weighted by molar-refractivity contribution is 0.0593. The molecule has 0 saturated heterocycles. The summed E-state index contributed by atoms with van der Waals surface area (Å²) >= 11 is 1.56. The molecule has 1 aromatic heterocycles. The second-order valence-electron chi connectivity index (χ2n) is 4.90. The molecule has 1 aromatic carbocycles. The van der Waals surface area contributed by atoms with Gasteiger partial charge in [0, 0.05) is 4.88 Å². The molecule has 6 heteroatoms. The van der Waals surface area contributed by atoms with E-state index in [-0.39, 0.29) is 18.4 Å². The van der Waals surface area contributed by atoms with Crippen molar-refractivity contribution in [3.05, 3.63) is 58.0 Å². The molecule has 3 N–H and O–H groups in total. The smallest absolute Gasteiger partial charge is 0.315 e. The van der Waals surface area contributed by atoms with Crippen LogP contribution in [0.2, 0.25) is 0 Å². The number of urea groups is 1.